The zero-order valence-corrected chi connectivity index (χ0v) is 9.29. The Hall–Kier alpha value is -2.42. The second-order valence-corrected chi connectivity index (χ2v) is 3.17. The molecule has 0 aromatic heterocycles. The SMILES string of the molecule is COC(=O)CC#Cc1c(F)cc(C(=O)O)cc1F. The molecule has 0 saturated heterocycles. The number of carboxylic acids is 1. The summed E-state index contributed by atoms with van der Waals surface area (Å²) in [5.74, 6) is 0.0874. The third kappa shape index (κ3) is 3.28. The minimum absolute atomic E-state index is 0.309. The van der Waals surface area contributed by atoms with Crippen LogP contribution >= 0.6 is 0 Å². The highest BCUT2D eigenvalue weighted by Gasteiger charge is 2.13. The van der Waals surface area contributed by atoms with Crippen molar-refractivity contribution >= 4 is 11.9 Å². The normalized spacial score (nSPS) is 9.28. The van der Waals surface area contributed by atoms with Gasteiger partial charge in [-0.25, -0.2) is 13.6 Å². The van der Waals surface area contributed by atoms with Crippen LogP contribution in [0.3, 0.4) is 0 Å². The van der Waals surface area contributed by atoms with E-state index in [4.69, 9.17) is 5.11 Å². The largest absolute Gasteiger partial charge is 0.478 e. The molecule has 94 valence electrons. The molecule has 0 fully saturated rings. The van der Waals surface area contributed by atoms with Gasteiger partial charge in [0, 0.05) is 0 Å². The molecule has 0 aliphatic rings. The van der Waals surface area contributed by atoms with E-state index in [0.717, 1.165) is 7.11 Å². The molecule has 0 spiro atoms. The molecule has 0 heterocycles. The van der Waals surface area contributed by atoms with Crippen LogP contribution in [0.25, 0.3) is 0 Å². The Kier molecular flexibility index (Phi) is 4.38. The molecule has 1 N–H and O–H groups in total. The van der Waals surface area contributed by atoms with Crippen molar-refractivity contribution in [2.24, 2.45) is 0 Å². The van der Waals surface area contributed by atoms with Crippen molar-refractivity contribution in [1.29, 1.82) is 0 Å². The second-order valence-electron chi connectivity index (χ2n) is 3.17. The van der Waals surface area contributed by atoms with Crippen molar-refractivity contribution < 1.29 is 28.2 Å². The van der Waals surface area contributed by atoms with Gasteiger partial charge in [-0.1, -0.05) is 11.8 Å². The fraction of sp³-hybridized carbons (Fsp3) is 0.167. The molecule has 0 radical (unpaired) electrons. The Balaban J connectivity index is 3.04. The molecule has 0 amide bonds. The maximum Gasteiger partial charge on any atom is 0.335 e. The van der Waals surface area contributed by atoms with Crippen molar-refractivity contribution in [2.75, 3.05) is 7.11 Å². The maximum atomic E-state index is 13.4. The number of hydrogen-bond acceptors (Lipinski definition) is 3. The number of carbonyl (C=O) groups excluding carboxylic acids is 1. The molecule has 4 nitrogen and oxygen atoms in total. The number of carboxylic acid groups (broad SMARTS) is 1. The first-order valence-corrected chi connectivity index (χ1v) is 4.73. The Morgan fingerprint density at radius 2 is 1.89 bits per heavy atom. The van der Waals surface area contributed by atoms with Gasteiger partial charge in [-0.15, -0.1) is 0 Å². The Morgan fingerprint density at radius 1 is 1.33 bits per heavy atom. The van der Waals surface area contributed by atoms with E-state index in [0.29, 0.717) is 12.1 Å². The lowest BCUT2D eigenvalue weighted by Crippen LogP contribution is -2.01. The van der Waals surface area contributed by atoms with Gasteiger partial charge in [0.1, 0.15) is 18.1 Å². The molecule has 1 rings (SSSR count). The smallest absolute Gasteiger partial charge is 0.335 e. The molecule has 0 atom stereocenters. The molecule has 6 heteroatoms. The molecular weight excluding hydrogens is 246 g/mol. The molecule has 1 aromatic carbocycles. The van der Waals surface area contributed by atoms with E-state index in [-0.39, 0.29) is 6.42 Å². The summed E-state index contributed by atoms with van der Waals surface area (Å²) in [7, 11) is 1.16. The fourth-order valence-electron chi connectivity index (χ4n) is 1.09. The minimum atomic E-state index is -1.44. The van der Waals surface area contributed by atoms with Crippen LogP contribution in [0.2, 0.25) is 0 Å². The van der Waals surface area contributed by atoms with Crippen LogP contribution in [-0.4, -0.2) is 24.2 Å². The summed E-state index contributed by atoms with van der Waals surface area (Å²) in [6.07, 6.45) is -0.309. The number of methoxy groups -OCH3 is 1. The van der Waals surface area contributed by atoms with Crippen molar-refractivity contribution in [3.63, 3.8) is 0 Å². The lowest BCUT2D eigenvalue weighted by Gasteiger charge is -1.99. The predicted molar refractivity (Wildman–Crippen MR) is 56.8 cm³/mol. The minimum Gasteiger partial charge on any atom is -0.478 e. The van der Waals surface area contributed by atoms with Crippen LogP contribution < -0.4 is 0 Å². The lowest BCUT2D eigenvalue weighted by atomic mass is 10.1. The van der Waals surface area contributed by atoms with Gasteiger partial charge in [0.05, 0.1) is 18.2 Å². The Labute approximate surface area is 101 Å². The van der Waals surface area contributed by atoms with Crippen molar-refractivity contribution in [2.45, 2.75) is 6.42 Å². The zero-order valence-electron chi connectivity index (χ0n) is 9.29. The first-order chi connectivity index (χ1) is 8.45. The van der Waals surface area contributed by atoms with E-state index in [9.17, 15) is 18.4 Å². The highest BCUT2D eigenvalue weighted by molar-refractivity contribution is 5.87. The highest BCUT2D eigenvalue weighted by Crippen LogP contribution is 2.14. The molecule has 1 aromatic rings. The summed E-state index contributed by atoms with van der Waals surface area (Å²) in [4.78, 5) is 21.3. The molecule has 0 saturated carbocycles. The quantitative estimate of drug-likeness (QED) is 0.642. The van der Waals surface area contributed by atoms with Gasteiger partial charge in [0.25, 0.3) is 0 Å². The Bertz CT molecular complexity index is 532. The summed E-state index contributed by atoms with van der Waals surface area (Å²) >= 11 is 0. The molecule has 0 aliphatic carbocycles. The van der Waals surface area contributed by atoms with Crippen molar-refractivity contribution in [3.8, 4) is 11.8 Å². The summed E-state index contributed by atoms with van der Waals surface area (Å²) in [6.45, 7) is 0. The van der Waals surface area contributed by atoms with Crippen LogP contribution in [0, 0.1) is 23.5 Å². The molecule has 0 unspecified atom stereocenters. The first kappa shape index (κ1) is 13.6. The number of ether oxygens (including phenoxy) is 1. The summed E-state index contributed by atoms with van der Waals surface area (Å²) in [6, 6.07) is 1.32. The van der Waals surface area contributed by atoms with E-state index in [1.54, 1.807) is 0 Å². The van der Waals surface area contributed by atoms with Gasteiger partial charge in [-0.3, -0.25) is 4.79 Å². The second kappa shape index (κ2) is 5.77. The number of halogens is 2. The number of hydrogen-bond donors (Lipinski definition) is 1. The average molecular weight is 254 g/mol. The lowest BCUT2D eigenvalue weighted by molar-refractivity contribution is -0.139. The van der Waals surface area contributed by atoms with Gasteiger partial charge < -0.3 is 9.84 Å². The van der Waals surface area contributed by atoms with E-state index < -0.39 is 34.7 Å². The fourth-order valence-corrected chi connectivity index (χ4v) is 1.09. The zero-order chi connectivity index (χ0) is 13.7. The standard InChI is InChI=1S/C12H8F2O4/c1-18-11(15)4-2-3-8-9(13)5-7(12(16)17)6-10(8)14/h5-6H,4H2,1H3,(H,16,17). The van der Waals surface area contributed by atoms with Gasteiger partial charge in [0.2, 0.25) is 0 Å². The van der Waals surface area contributed by atoms with Crippen molar-refractivity contribution in [3.05, 3.63) is 34.9 Å². The number of aromatic carboxylic acids is 1. The number of benzene rings is 1. The summed E-state index contributed by atoms with van der Waals surface area (Å²) in [5.41, 5.74) is -1.09. The third-order valence-electron chi connectivity index (χ3n) is 1.96. The van der Waals surface area contributed by atoms with Crippen LogP contribution in [0.4, 0.5) is 8.78 Å². The van der Waals surface area contributed by atoms with Crippen molar-refractivity contribution in [1.82, 2.24) is 0 Å². The third-order valence-corrected chi connectivity index (χ3v) is 1.96. The molecule has 18 heavy (non-hydrogen) atoms. The summed E-state index contributed by atoms with van der Waals surface area (Å²) in [5, 5.41) is 8.57. The average Bonchev–Trinajstić information content (AvgIpc) is 2.31. The van der Waals surface area contributed by atoms with E-state index >= 15 is 0 Å². The molecule has 0 bridgehead atoms. The van der Waals surface area contributed by atoms with Crippen LogP contribution in [0.15, 0.2) is 12.1 Å². The van der Waals surface area contributed by atoms with Gasteiger partial charge in [-0.2, -0.15) is 0 Å². The molecule has 0 aliphatic heterocycles. The number of rotatable bonds is 2. The van der Waals surface area contributed by atoms with Crippen LogP contribution in [0.5, 0.6) is 0 Å². The van der Waals surface area contributed by atoms with E-state index in [1.165, 1.54) is 0 Å². The maximum absolute atomic E-state index is 13.4. The number of esters is 1. The van der Waals surface area contributed by atoms with Gasteiger partial charge >= 0.3 is 11.9 Å². The van der Waals surface area contributed by atoms with Crippen LogP contribution in [-0.2, 0) is 9.53 Å². The Morgan fingerprint density at radius 3 is 2.33 bits per heavy atom. The summed E-state index contributed by atoms with van der Waals surface area (Å²) < 4.78 is 31.0. The van der Waals surface area contributed by atoms with Gasteiger partial charge in [0.15, 0.2) is 0 Å². The number of carbonyl (C=O) groups is 2. The highest BCUT2D eigenvalue weighted by atomic mass is 19.1. The van der Waals surface area contributed by atoms with E-state index in [1.807, 2.05) is 0 Å². The first-order valence-electron chi connectivity index (χ1n) is 4.73. The monoisotopic (exact) mass is 254 g/mol. The topological polar surface area (TPSA) is 63.6 Å². The van der Waals surface area contributed by atoms with Gasteiger partial charge in [-0.05, 0) is 12.1 Å². The van der Waals surface area contributed by atoms with Crippen LogP contribution in [0.1, 0.15) is 22.3 Å². The molecular formula is C12H8F2O4. The predicted octanol–water partition coefficient (Wildman–Crippen LogP) is 1.58. The van der Waals surface area contributed by atoms with E-state index in [2.05, 4.69) is 16.6 Å².